The number of hydrogen-bond donors (Lipinski definition) is 1. The first-order valence-electron chi connectivity index (χ1n) is 7.43. The number of anilines is 1. The molecule has 0 amide bonds. The summed E-state index contributed by atoms with van der Waals surface area (Å²) in [6, 6.07) is 14.6. The van der Waals surface area contributed by atoms with Gasteiger partial charge in [-0.05, 0) is 43.2 Å². The quantitative estimate of drug-likeness (QED) is 0.755. The van der Waals surface area contributed by atoms with E-state index in [0.717, 1.165) is 42.1 Å². The zero-order valence-electron chi connectivity index (χ0n) is 12.5. The van der Waals surface area contributed by atoms with Crippen LogP contribution in [0.1, 0.15) is 23.9 Å². The second kappa shape index (κ2) is 6.00. The zero-order chi connectivity index (χ0) is 14.7. The van der Waals surface area contributed by atoms with Gasteiger partial charge >= 0.3 is 0 Å². The van der Waals surface area contributed by atoms with E-state index in [9.17, 15) is 0 Å². The molecule has 108 valence electrons. The van der Waals surface area contributed by atoms with Gasteiger partial charge in [0, 0.05) is 18.7 Å². The van der Waals surface area contributed by atoms with E-state index in [-0.39, 0.29) is 0 Å². The van der Waals surface area contributed by atoms with Crippen LogP contribution in [0, 0.1) is 6.92 Å². The summed E-state index contributed by atoms with van der Waals surface area (Å²) in [7, 11) is 0. The second-order valence-corrected chi connectivity index (χ2v) is 5.31. The molecule has 1 N–H and O–H groups in total. The highest BCUT2D eigenvalue weighted by Crippen LogP contribution is 2.18. The van der Waals surface area contributed by atoms with Crippen LogP contribution in [0.3, 0.4) is 0 Å². The summed E-state index contributed by atoms with van der Waals surface area (Å²) in [6.45, 7) is 5.05. The molecule has 0 unspecified atom stereocenters. The standard InChI is InChI=1S/C18H20N2O/c1-3-14-6-9-17-16(12-14)20-18(21-17)10-11-19-15-7-4-13(2)5-8-15/h4-9,12,19H,3,10-11H2,1-2H3. The maximum Gasteiger partial charge on any atom is 0.197 e. The van der Waals surface area contributed by atoms with E-state index >= 15 is 0 Å². The van der Waals surface area contributed by atoms with E-state index in [1.54, 1.807) is 0 Å². The largest absolute Gasteiger partial charge is 0.441 e. The fourth-order valence-corrected chi connectivity index (χ4v) is 2.33. The first kappa shape index (κ1) is 13.7. The number of aromatic nitrogens is 1. The molecule has 0 saturated carbocycles. The molecule has 0 atom stereocenters. The lowest BCUT2D eigenvalue weighted by molar-refractivity contribution is 0.534. The van der Waals surface area contributed by atoms with Crippen LogP contribution in [-0.2, 0) is 12.8 Å². The fraction of sp³-hybridized carbons (Fsp3) is 0.278. The molecule has 3 aromatic rings. The van der Waals surface area contributed by atoms with Gasteiger partial charge in [0.15, 0.2) is 11.5 Å². The second-order valence-electron chi connectivity index (χ2n) is 5.31. The molecule has 1 aromatic heterocycles. The number of hydrogen-bond acceptors (Lipinski definition) is 3. The molecular weight excluding hydrogens is 260 g/mol. The minimum absolute atomic E-state index is 0.782. The van der Waals surface area contributed by atoms with E-state index in [2.05, 4.69) is 60.5 Å². The van der Waals surface area contributed by atoms with Crippen LogP contribution >= 0.6 is 0 Å². The Morgan fingerprint density at radius 3 is 2.67 bits per heavy atom. The van der Waals surface area contributed by atoms with Gasteiger partial charge in [-0.3, -0.25) is 0 Å². The van der Waals surface area contributed by atoms with Crippen LogP contribution in [0.5, 0.6) is 0 Å². The monoisotopic (exact) mass is 280 g/mol. The molecule has 0 bridgehead atoms. The van der Waals surface area contributed by atoms with Crippen LogP contribution in [-0.4, -0.2) is 11.5 Å². The first-order chi connectivity index (χ1) is 10.2. The van der Waals surface area contributed by atoms with Gasteiger partial charge in [0.25, 0.3) is 0 Å². The van der Waals surface area contributed by atoms with Crippen molar-refractivity contribution in [1.29, 1.82) is 0 Å². The third-order valence-corrected chi connectivity index (χ3v) is 3.62. The first-order valence-corrected chi connectivity index (χ1v) is 7.43. The highest BCUT2D eigenvalue weighted by atomic mass is 16.3. The summed E-state index contributed by atoms with van der Waals surface area (Å²) in [5, 5.41) is 3.39. The SMILES string of the molecule is CCc1ccc2oc(CCNc3ccc(C)cc3)nc2c1. The Morgan fingerprint density at radius 2 is 1.90 bits per heavy atom. The average Bonchev–Trinajstić information content (AvgIpc) is 2.91. The predicted octanol–water partition coefficient (Wildman–Crippen LogP) is 4.35. The van der Waals surface area contributed by atoms with Crippen LogP contribution < -0.4 is 5.32 Å². The maximum atomic E-state index is 5.77. The summed E-state index contributed by atoms with van der Waals surface area (Å²) >= 11 is 0. The average molecular weight is 280 g/mol. The minimum Gasteiger partial charge on any atom is -0.441 e. The van der Waals surface area contributed by atoms with Crippen molar-refractivity contribution in [3.05, 3.63) is 59.5 Å². The van der Waals surface area contributed by atoms with Crippen molar-refractivity contribution in [2.24, 2.45) is 0 Å². The number of aryl methyl sites for hydroxylation is 2. The van der Waals surface area contributed by atoms with Crippen LogP contribution in [0.15, 0.2) is 46.9 Å². The van der Waals surface area contributed by atoms with Crippen molar-refractivity contribution in [3.8, 4) is 0 Å². The molecule has 3 rings (SSSR count). The number of rotatable bonds is 5. The van der Waals surface area contributed by atoms with Gasteiger partial charge in [-0.1, -0.05) is 30.7 Å². The van der Waals surface area contributed by atoms with Crippen molar-refractivity contribution in [2.45, 2.75) is 26.7 Å². The molecule has 0 radical (unpaired) electrons. The van der Waals surface area contributed by atoms with Gasteiger partial charge in [0.2, 0.25) is 0 Å². The number of oxazole rings is 1. The third-order valence-electron chi connectivity index (χ3n) is 3.62. The minimum atomic E-state index is 0.782. The predicted molar refractivity (Wildman–Crippen MR) is 86.8 cm³/mol. The van der Waals surface area contributed by atoms with Gasteiger partial charge in [0.05, 0.1) is 0 Å². The summed E-state index contributed by atoms with van der Waals surface area (Å²) in [5.41, 5.74) is 5.52. The number of nitrogens with zero attached hydrogens (tertiary/aromatic N) is 1. The van der Waals surface area contributed by atoms with Crippen LogP contribution in [0.25, 0.3) is 11.1 Å². The number of benzene rings is 2. The van der Waals surface area contributed by atoms with E-state index in [4.69, 9.17) is 4.42 Å². The Labute approximate surface area is 125 Å². The van der Waals surface area contributed by atoms with E-state index in [0.29, 0.717) is 0 Å². The van der Waals surface area contributed by atoms with E-state index in [1.807, 2.05) is 6.07 Å². The van der Waals surface area contributed by atoms with Crippen molar-refractivity contribution in [2.75, 3.05) is 11.9 Å². The normalized spacial score (nSPS) is 11.0. The van der Waals surface area contributed by atoms with Gasteiger partial charge in [-0.25, -0.2) is 4.98 Å². The highest BCUT2D eigenvalue weighted by molar-refractivity contribution is 5.73. The van der Waals surface area contributed by atoms with Crippen molar-refractivity contribution in [3.63, 3.8) is 0 Å². The van der Waals surface area contributed by atoms with Gasteiger partial charge < -0.3 is 9.73 Å². The summed E-state index contributed by atoms with van der Waals surface area (Å²) < 4.78 is 5.77. The molecule has 0 aliphatic rings. The zero-order valence-corrected chi connectivity index (χ0v) is 12.5. The molecule has 0 aliphatic carbocycles. The van der Waals surface area contributed by atoms with E-state index in [1.165, 1.54) is 11.1 Å². The summed E-state index contributed by atoms with van der Waals surface area (Å²) in [6.07, 6.45) is 1.80. The van der Waals surface area contributed by atoms with Gasteiger partial charge in [-0.2, -0.15) is 0 Å². The summed E-state index contributed by atoms with van der Waals surface area (Å²) in [4.78, 5) is 4.56. The molecule has 0 spiro atoms. The van der Waals surface area contributed by atoms with Crippen molar-refractivity contribution >= 4 is 16.8 Å². The molecule has 0 aliphatic heterocycles. The van der Waals surface area contributed by atoms with E-state index < -0.39 is 0 Å². The fourth-order valence-electron chi connectivity index (χ4n) is 2.33. The van der Waals surface area contributed by atoms with Crippen molar-refractivity contribution in [1.82, 2.24) is 4.98 Å². The lowest BCUT2D eigenvalue weighted by Gasteiger charge is -2.04. The Bertz CT molecular complexity index is 729. The Hall–Kier alpha value is -2.29. The van der Waals surface area contributed by atoms with Crippen molar-refractivity contribution < 1.29 is 4.42 Å². The number of fused-ring (bicyclic) bond motifs is 1. The molecule has 3 heteroatoms. The molecule has 21 heavy (non-hydrogen) atoms. The maximum absolute atomic E-state index is 5.77. The van der Waals surface area contributed by atoms with Gasteiger partial charge in [0.1, 0.15) is 5.52 Å². The molecule has 3 nitrogen and oxygen atoms in total. The third kappa shape index (κ3) is 3.24. The Kier molecular flexibility index (Phi) is 3.91. The smallest absolute Gasteiger partial charge is 0.197 e. The molecule has 0 fully saturated rings. The lowest BCUT2D eigenvalue weighted by Crippen LogP contribution is -2.04. The molecule has 0 saturated heterocycles. The molecule has 1 heterocycles. The Balaban J connectivity index is 1.63. The molecular formula is C18H20N2O. The lowest BCUT2D eigenvalue weighted by atomic mass is 10.1. The number of nitrogens with one attached hydrogen (secondary N) is 1. The highest BCUT2D eigenvalue weighted by Gasteiger charge is 2.06. The topological polar surface area (TPSA) is 38.1 Å². The van der Waals surface area contributed by atoms with Crippen LogP contribution in [0.4, 0.5) is 5.69 Å². The Morgan fingerprint density at radius 1 is 1.10 bits per heavy atom. The van der Waals surface area contributed by atoms with Gasteiger partial charge in [-0.15, -0.1) is 0 Å². The summed E-state index contributed by atoms with van der Waals surface area (Å²) in [5.74, 6) is 0.790. The molecule has 2 aromatic carbocycles. The van der Waals surface area contributed by atoms with Crippen LogP contribution in [0.2, 0.25) is 0 Å².